The van der Waals surface area contributed by atoms with Crippen LogP contribution in [0.4, 0.5) is 17.6 Å². The molecule has 6 heteroatoms. The molecule has 0 amide bonds. The lowest BCUT2D eigenvalue weighted by Crippen LogP contribution is -2.39. The molecule has 100 valence electrons. The van der Waals surface area contributed by atoms with Gasteiger partial charge in [-0.25, -0.2) is 5.84 Å². The number of rotatable bonds is 3. The third-order valence-electron chi connectivity index (χ3n) is 3.80. The second-order valence-electron chi connectivity index (χ2n) is 5.05. The zero-order valence-corrected chi connectivity index (χ0v) is 11.1. The van der Waals surface area contributed by atoms with E-state index in [1.807, 2.05) is 6.07 Å². The van der Waals surface area contributed by atoms with Crippen LogP contribution in [0, 0.1) is 5.92 Å². The highest BCUT2D eigenvalue weighted by Gasteiger charge is 2.26. The number of nitrogens with zero attached hydrogens (tertiary/aromatic N) is 3. The predicted octanol–water partition coefficient (Wildman–Crippen LogP) is 1.36. The molecule has 0 spiro atoms. The highest BCUT2D eigenvalue weighted by Crippen LogP contribution is 2.30. The van der Waals surface area contributed by atoms with Gasteiger partial charge in [0.05, 0.1) is 0 Å². The van der Waals surface area contributed by atoms with Crippen molar-refractivity contribution in [1.82, 2.24) is 9.97 Å². The van der Waals surface area contributed by atoms with E-state index < -0.39 is 0 Å². The summed E-state index contributed by atoms with van der Waals surface area (Å²) in [5, 5.41) is 0. The van der Waals surface area contributed by atoms with Gasteiger partial charge in [0.15, 0.2) is 0 Å². The van der Waals surface area contributed by atoms with Crippen molar-refractivity contribution in [3.63, 3.8) is 0 Å². The molecule has 2 rings (SSSR count). The Hall–Kier alpha value is -1.56. The van der Waals surface area contributed by atoms with Gasteiger partial charge in [-0.1, -0.05) is 19.8 Å². The smallest absolute Gasteiger partial charge is 0.223 e. The summed E-state index contributed by atoms with van der Waals surface area (Å²) in [5.74, 6) is 7.68. The molecule has 6 nitrogen and oxygen atoms in total. The van der Waals surface area contributed by atoms with Crippen LogP contribution in [-0.4, -0.2) is 23.1 Å². The van der Waals surface area contributed by atoms with Gasteiger partial charge < -0.3 is 16.1 Å². The fourth-order valence-electron chi connectivity index (χ4n) is 2.75. The summed E-state index contributed by atoms with van der Waals surface area (Å²) in [5.41, 5.74) is 8.21. The van der Waals surface area contributed by atoms with E-state index in [2.05, 4.69) is 34.3 Å². The molecule has 1 aliphatic rings. The number of anilines is 3. The number of hydrogen-bond donors (Lipinski definition) is 3. The summed E-state index contributed by atoms with van der Waals surface area (Å²) in [6.07, 6.45) is 5.08. The van der Waals surface area contributed by atoms with Crippen LogP contribution in [0.15, 0.2) is 6.07 Å². The highest BCUT2D eigenvalue weighted by molar-refractivity contribution is 5.52. The van der Waals surface area contributed by atoms with E-state index in [1.54, 1.807) is 0 Å². The average Bonchev–Trinajstić information content (AvgIpc) is 2.37. The van der Waals surface area contributed by atoms with E-state index in [4.69, 9.17) is 11.6 Å². The van der Waals surface area contributed by atoms with Gasteiger partial charge in [0.1, 0.15) is 11.6 Å². The third-order valence-corrected chi connectivity index (χ3v) is 3.80. The first-order valence-corrected chi connectivity index (χ1v) is 6.46. The number of hydrogen-bond acceptors (Lipinski definition) is 6. The molecule has 18 heavy (non-hydrogen) atoms. The standard InChI is InChI=1S/C12H22N6/c1-8-5-3-4-6-9(8)18(2)11-7-10(17-14)15-12(13)16-11/h7-9H,3-6,14H2,1-2H3,(H3,13,15,16,17). The van der Waals surface area contributed by atoms with Crippen LogP contribution in [-0.2, 0) is 0 Å². The maximum absolute atomic E-state index is 5.69. The van der Waals surface area contributed by atoms with E-state index in [0.717, 1.165) is 5.82 Å². The van der Waals surface area contributed by atoms with Gasteiger partial charge in [-0.2, -0.15) is 9.97 Å². The zero-order chi connectivity index (χ0) is 13.1. The van der Waals surface area contributed by atoms with Crippen LogP contribution in [0.25, 0.3) is 0 Å². The summed E-state index contributed by atoms with van der Waals surface area (Å²) in [7, 11) is 2.06. The molecule has 1 heterocycles. The molecule has 1 aromatic heterocycles. The van der Waals surface area contributed by atoms with E-state index in [-0.39, 0.29) is 5.95 Å². The van der Waals surface area contributed by atoms with Crippen molar-refractivity contribution in [2.45, 2.75) is 38.6 Å². The van der Waals surface area contributed by atoms with Gasteiger partial charge in [0.2, 0.25) is 5.95 Å². The SMILES string of the molecule is CC1CCCCC1N(C)c1cc(NN)nc(N)n1. The molecule has 0 saturated heterocycles. The van der Waals surface area contributed by atoms with Gasteiger partial charge in [-0.05, 0) is 18.8 Å². The lowest BCUT2D eigenvalue weighted by molar-refractivity contribution is 0.320. The Morgan fingerprint density at radius 1 is 1.33 bits per heavy atom. The van der Waals surface area contributed by atoms with Crippen LogP contribution in [0.2, 0.25) is 0 Å². The van der Waals surface area contributed by atoms with Crippen molar-refractivity contribution in [2.24, 2.45) is 11.8 Å². The third kappa shape index (κ3) is 2.64. The molecule has 5 N–H and O–H groups in total. The minimum absolute atomic E-state index is 0.246. The van der Waals surface area contributed by atoms with Crippen molar-refractivity contribution in [3.05, 3.63) is 6.07 Å². The zero-order valence-electron chi connectivity index (χ0n) is 11.1. The molecule has 0 aliphatic heterocycles. The molecule has 1 saturated carbocycles. The Bertz CT molecular complexity index is 408. The van der Waals surface area contributed by atoms with Crippen molar-refractivity contribution in [3.8, 4) is 0 Å². The van der Waals surface area contributed by atoms with Gasteiger partial charge in [0, 0.05) is 19.2 Å². The Kier molecular flexibility index (Phi) is 3.86. The summed E-state index contributed by atoms with van der Waals surface area (Å²) < 4.78 is 0. The van der Waals surface area contributed by atoms with Gasteiger partial charge in [0.25, 0.3) is 0 Å². The van der Waals surface area contributed by atoms with Crippen molar-refractivity contribution < 1.29 is 0 Å². The Labute approximate surface area is 108 Å². The summed E-state index contributed by atoms with van der Waals surface area (Å²) >= 11 is 0. The topological polar surface area (TPSA) is 93.1 Å². The number of nitrogens with one attached hydrogen (secondary N) is 1. The minimum atomic E-state index is 0.246. The van der Waals surface area contributed by atoms with Crippen LogP contribution in [0.1, 0.15) is 32.6 Å². The maximum atomic E-state index is 5.69. The average molecular weight is 250 g/mol. The number of nitrogen functional groups attached to an aromatic ring is 2. The van der Waals surface area contributed by atoms with E-state index in [9.17, 15) is 0 Å². The fourth-order valence-corrected chi connectivity index (χ4v) is 2.75. The van der Waals surface area contributed by atoms with Crippen LogP contribution < -0.4 is 21.9 Å². The predicted molar refractivity (Wildman–Crippen MR) is 74.1 cm³/mol. The Balaban J connectivity index is 2.21. The lowest BCUT2D eigenvalue weighted by atomic mass is 9.85. The molecule has 0 bridgehead atoms. The summed E-state index contributed by atoms with van der Waals surface area (Å²) in [4.78, 5) is 10.5. The van der Waals surface area contributed by atoms with Gasteiger partial charge in [-0.15, -0.1) is 0 Å². The number of hydrazine groups is 1. The maximum Gasteiger partial charge on any atom is 0.223 e. The molecule has 1 aliphatic carbocycles. The second kappa shape index (κ2) is 5.39. The fraction of sp³-hybridized carbons (Fsp3) is 0.667. The summed E-state index contributed by atoms with van der Waals surface area (Å²) in [6, 6.07) is 2.34. The summed E-state index contributed by atoms with van der Waals surface area (Å²) in [6.45, 7) is 2.30. The second-order valence-corrected chi connectivity index (χ2v) is 5.05. The molecular formula is C12H22N6. The van der Waals surface area contributed by atoms with Crippen molar-refractivity contribution >= 4 is 17.6 Å². The van der Waals surface area contributed by atoms with E-state index in [1.165, 1.54) is 25.7 Å². The molecule has 2 atom stereocenters. The Morgan fingerprint density at radius 3 is 2.72 bits per heavy atom. The van der Waals surface area contributed by atoms with Crippen molar-refractivity contribution in [1.29, 1.82) is 0 Å². The molecule has 0 radical (unpaired) electrons. The number of nitrogens with two attached hydrogens (primary N) is 2. The largest absolute Gasteiger partial charge is 0.368 e. The quantitative estimate of drug-likeness (QED) is 0.554. The van der Waals surface area contributed by atoms with Crippen LogP contribution in [0.3, 0.4) is 0 Å². The first-order chi connectivity index (χ1) is 8.61. The van der Waals surface area contributed by atoms with Crippen LogP contribution in [0.5, 0.6) is 0 Å². The van der Waals surface area contributed by atoms with Crippen molar-refractivity contribution in [2.75, 3.05) is 23.1 Å². The minimum Gasteiger partial charge on any atom is -0.368 e. The molecule has 2 unspecified atom stereocenters. The van der Waals surface area contributed by atoms with Gasteiger partial charge >= 0.3 is 0 Å². The normalized spacial score (nSPS) is 23.7. The lowest BCUT2D eigenvalue weighted by Gasteiger charge is -2.37. The first kappa shape index (κ1) is 12.9. The van der Waals surface area contributed by atoms with Crippen LogP contribution >= 0.6 is 0 Å². The molecular weight excluding hydrogens is 228 g/mol. The number of aromatic nitrogens is 2. The van der Waals surface area contributed by atoms with E-state index in [0.29, 0.717) is 17.8 Å². The highest BCUT2D eigenvalue weighted by atomic mass is 15.3. The molecule has 1 aromatic rings. The molecule has 1 fully saturated rings. The first-order valence-electron chi connectivity index (χ1n) is 6.46. The monoisotopic (exact) mass is 250 g/mol. The Morgan fingerprint density at radius 2 is 2.06 bits per heavy atom. The molecule has 0 aromatic carbocycles. The van der Waals surface area contributed by atoms with Gasteiger partial charge in [-0.3, -0.25) is 0 Å². The van der Waals surface area contributed by atoms with E-state index >= 15 is 0 Å².